The molecule has 0 saturated heterocycles. The number of hydrogen-bond acceptors (Lipinski definition) is 3. The molecule has 0 radical (unpaired) electrons. The number of aromatic carboxylic acids is 1. The maximum Gasteiger partial charge on any atom is 0.422 e. The molecule has 2 rings (SSSR count). The molecule has 0 unspecified atom stereocenters. The van der Waals surface area contributed by atoms with Gasteiger partial charge in [0, 0.05) is 11.7 Å². The molecule has 0 spiro atoms. The molecule has 2 N–H and O–H groups in total. The van der Waals surface area contributed by atoms with Crippen LogP contribution >= 0.6 is 0 Å². The summed E-state index contributed by atoms with van der Waals surface area (Å²) in [5.41, 5.74) is -0.978. The molecular weight excluding hydrogens is 279 g/mol. The molecule has 0 saturated carbocycles. The largest absolute Gasteiger partial charge is 0.484 e. The predicted molar refractivity (Wildman–Crippen MR) is 63.1 cm³/mol. The van der Waals surface area contributed by atoms with Gasteiger partial charge in [-0.15, -0.1) is 0 Å². The second kappa shape index (κ2) is 4.87. The third kappa shape index (κ3) is 2.90. The maximum absolute atomic E-state index is 12.0. The highest BCUT2D eigenvalue weighted by molar-refractivity contribution is 5.92. The van der Waals surface area contributed by atoms with Gasteiger partial charge in [-0.2, -0.15) is 13.2 Å². The number of halogens is 3. The van der Waals surface area contributed by atoms with Crippen LogP contribution < -0.4 is 10.2 Å². The van der Waals surface area contributed by atoms with Gasteiger partial charge in [0.05, 0.1) is 5.39 Å². The molecule has 106 valence electrons. The molecule has 0 bridgehead atoms. The molecule has 2 aromatic rings. The Kier molecular flexibility index (Phi) is 3.39. The van der Waals surface area contributed by atoms with Crippen LogP contribution in [0.5, 0.6) is 5.75 Å². The number of rotatable bonds is 3. The van der Waals surface area contributed by atoms with Crippen molar-refractivity contribution in [1.82, 2.24) is 4.98 Å². The quantitative estimate of drug-likeness (QED) is 0.906. The summed E-state index contributed by atoms with van der Waals surface area (Å²) in [6.07, 6.45) is -3.46. The number of benzene rings is 1. The minimum absolute atomic E-state index is 0.0513. The average molecular weight is 287 g/mol. The van der Waals surface area contributed by atoms with Crippen molar-refractivity contribution >= 4 is 16.9 Å². The molecule has 0 atom stereocenters. The standard InChI is InChI=1S/C12H8F3NO4/c13-12(14,15)5-20-6-1-2-9-7(3-6)10(17)8(4-16-9)11(18)19/h1-4H,5H2,(H,16,17)(H,18,19). The molecule has 0 aliphatic rings. The molecular formula is C12H8F3NO4. The van der Waals surface area contributed by atoms with Gasteiger partial charge < -0.3 is 14.8 Å². The first-order chi connectivity index (χ1) is 9.28. The Bertz CT molecular complexity index is 721. The molecule has 0 fully saturated rings. The fraction of sp³-hybridized carbons (Fsp3) is 0.167. The van der Waals surface area contributed by atoms with Crippen molar-refractivity contribution in [2.75, 3.05) is 6.61 Å². The number of fused-ring (bicyclic) bond motifs is 1. The van der Waals surface area contributed by atoms with Crippen molar-refractivity contribution in [2.45, 2.75) is 6.18 Å². The average Bonchev–Trinajstić information content (AvgIpc) is 2.35. The predicted octanol–water partition coefficient (Wildman–Crippen LogP) is 2.17. The normalized spacial score (nSPS) is 11.6. The Morgan fingerprint density at radius 3 is 2.65 bits per heavy atom. The van der Waals surface area contributed by atoms with Gasteiger partial charge in [0.25, 0.3) is 0 Å². The lowest BCUT2D eigenvalue weighted by atomic mass is 10.1. The van der Waals surface area contributed by atoms with E-state index in [0.717, 1.165) is 12.3 Å². The number of ether oxygens (including phenoxy) is 1. The number of nitrogens with one attached hydrogen (secondary N) is 1. The molecule has 0 amide bonds. The van der Waals surface area contributed by atoms with Gasteiger partial charge >= 0.3 is 12.1 Å². The summed E-state index contributed by atoms with van der Waals surface area (Å²) in [6.45, 7) is -1.49. The minimum atomic E-state index is -4.50. The van der Waals surface area contributed by atoms with Gasteiger partial charge in [-0.1, -0.05) is 0 Å². The molecule has 1 aromatic heterocycles. The summed E-state index contributed by atoms with van der Waals surface area (Å²) in [5, 5.41) is 8.75. The Hall–Kier alpha value is -2.51. The molecule has 0 aliphatic carbocycles. The van der Waals surface area contributed by atoms with Crippen LogP contribution in [0.3, 0.4) is 0 Å². The number of carboxylic acid groups (broad SMARTS) is 1. The van der Waals surface area contributed by atoms with Crippen LogP contribution in [0.25, 0.3) is 10.9 Å². The van der Waals surface area contributed by atoms with Crippen molar-refractivity contribution in [3.05, 3.63) is 40.2 Å². The van der Waals surface area contributed by atoms with Gasteiger partial charge in [0.2, 0.25) is 5.43 Å². The van der Waals surface area contributed by atoms with Crippen molar-refractivity contribution < 1.29 is 27.8 Å². The van der Waals surface area contributed by atoms with Crippen molar-refractivity contribution in [2.24, 2.45) is 0 Å². The third-order valence-corrected chi connectivity index (χ3v) is 2.49. The number of aromatic amines is 1. The fourth-order valence-electron chi connectivity index (χ4n) is 1.61. The fourth-order valence-corrected chi connectivity index (χ4v) is 1.61. The van der Waals surface area contributed by atoms with E-state index in [9.17, 15) is 22.8 Å². The van der Waals surface area contributed by atoms with Crippen LogP contribution in [0.1, 0.15) is 10.4 Å². The van der Waals surface area contributed by atoms with E-state index < -0.39 is 29.7 Å². The van der Waals surface area contributed by atoms with Crippen LogP contribution in [-0.4, -0.2) is 28.8 Å². The highest BCUT2D eigenvalue weighted by Gasteiger charge is 2.28. The Labute approximate surface area is 109 Å². The Morgan fingerprint density at radius 2 is 2.05 bits per heavy atom. The SMILES string of the molecule is O=C(O)c1c[nH]c2ccc(OCC(F)(F)F)cc2c1=O. The maximum atomic E-state index is 12.0. The second-order valence-corrected chi connectivity index (χ2v) is 3.95. The van der Waals surface area contributed by atoms with Crippen molar-refractivity contribution in [1.29, 1.82) is 0 Å². The summed E-state index contributed by atoms with van der Waals surface area (Å²) in [7, 11) is 0. The van der Waals surface area contributed by atoms with Crippen LogP contribution in [0.15, 0.2) is 29.2 Å². The van der Waals surface area contributed by atoms with E-state index in [1.54, 1.807) is 0 Å². The lowest BCUT2D eigenvalue weighted by molar-refractivity contribution is -0.153. The lowest BCUT2D eigenvalue weighted by Crippen LogP contribution is -2.19. The van der Waals surface area contributed by atoms with Crippen molar-refractivity contribution in [3.8, 4) is 5.75 Å². The highest BCUT2D eigenvalue weighted by atomic mass is 19.4. The van der Waals surface area contributed by atoms with E-state index in [4.69, 9.17) is 5.11 Å². The number of carbonyl (C=O) groups is 1. The monoisotopic (exact) mass is 287 g/mol. The smallest absolute Gasteiger partial charge is 0.422 e. The highest BCUT2D eigenvalue weighted by Crippen LogP contribution is 2.21. The zero-order valence-corrected chi connectivity index (χ0v) is 9.82. The van der Waals surface area contributed by atoms with E-state index in [1.807, 2.05) is 0 Å². The van der Waals surface area contributed by atoms with Crippen LogP contribution in [0.2, 0.25) is 0 Å². The van der Waals surface area contributed by atoms with E-state index in [-0.39, 0.29) is 11.1 Å². The number of carboxylic acids is 1. The molecule has 5 nitrogen and oxygen atoms in total. The summed E-state index contributed by atoms with van der Waals surface area (Å²) in [6, 6.07) is 3.67. The first-order valence-corrected chi connectivity index (χ1v) is 5.36. The summed E-state index contributed by atoms with van der Waals surface area (Å²) >= 11 is 0. The van der Waals surface area contributed by atoms with Gasteiger partial charge in [0.15, 0.2) is 6.61 Å². The van der Waals surface area contributed by atoms with E-state index in [0.29, 0.717) is 5.52 Å². The first kappa shape index (κ1) is 13.9. The molecule has 20 heavy (non-hydrogen) atoms. The Morgan fingerprint density at radius 1 is 1.35 bits per heavy atom. The lowest BCUT2D eigenvalue weighted by Gasteiger charge is -2.09. The molecule has 8 heteroatoms. The molecule has 1 aromatic carbocycles. The van der Waals surface area contributed by atoms with Gasteiger partial charge in [-0.05, 0) is 18.2 Å². The zero-order valence-electron chi connectivity index (χ0n) is 9.82. The molecule has 1 heterocycles. The topological polar surface area (TPSA) is 79.4 Å². The first-order valence-electron chi connectivity index (χ1n) is 5.36. The van der Waals surface area contributed by atoms with Crippen molar-refractivity contribution in [3.63, 3.8) is 0 Å². The Balaban J connectivity index is 2.44. The number of hydrogen-bond donors (Lipinski definition) is 2. The van der Waals surface area contributed by atoms with Crippen LogP contribution in [0, 0.1) is 0 Å². The van der Waals surface area contributed by atoms with E-state index in [2.05, 4.69) is 9.72 Å². The summed E-state index contributed by atoms with van der Waals surface area (Å²) < 4.78 is 40.6. The number of aromatic nitrogens is 1. The molecule has 0 aliphatic heterocycles. The number of alkyl halides is 3. The van der Waals surface area contributed by atoms with E-state index in [1.165, 1.54) is 12.1 Å². The van der Waals surface area contributed by atoms with Gasteiger partial charge in [0.1, 0.15) is 11.3 Å². The number of H-pyrrole nitrogens is 1. The van der Waals surface area contributed by atoms with E-state index >= 15 is 0 Å². The minimum Gasteiger partial charge on any atom is -0.484 e. The summed E-state index contributed by atoms with van der Waals surface area (Å²) in [5.74, 6) is -1.59. The second-order valence-electron chi connectivity index (χ2n) is 3.95. The zero-order chi connectivity index (χ0) is 14.9. The van der Waals surface area contributed by atoms with Gasteiger partial charge in [-0.3, -0.25) is 4.79 Å². The van der Waals surface area contributed by atoms with Crippen LogP contribution in [0.4, 0.5) is 13.2 Å². The van der Waals surface area contributed by atoms with Gasteiger partial charge in [-0.25, -0.2) is 4.79 Å². The summed E-state index contributed by atoms with van der Waals surface area (Å²) in [4.78, 5) is 25.2. The number of pyridine rings is 1. The van der Waals surface area contributed by atoms with Crippen LogP contribution in [-0.2, 0) is 0 Å². The third-order valence-electron chi connectivity index (χ3n) is 2.49.